The number of nitrogens with one attached hydrogen (secondary N) is 2. The lowest BCUT2D eigenvalue weighted by Crippen LogP contribution is -2.36. The first-order valence-corrected chi connectivity index (χ1v) is 28.8. The van der Waals surface area contributed by atoms with Crippen LogP contribution in [0.3, 0.4) is 0 Å². The van der Waals surface area contributed by atoms with Gasteiger partial charge < -0.3 is 84.8 Å². The first kappa shape index (κ1) is 70.7. The zero-order chi connectivity index (χ0) is 65.1. The number of rotatable bonds is 9. The van der Waals surface area contributed by atoms with E-state index in [1.54, 1.807) is 57.2 Å². The standard InChI is InChI=1S/C14H17BrN4O2.C8H13N3O4.C8H11N3O3.C8H13N3O.C6H5Br2NO.C4H5N3O3.C4H8O/c1-14(2)8-19-10(7-21-14)5-12(17-19)16-11-4-9(15)6-18(3)13(11)20;1-8(2,13)5-10-6(4-12)3-7(9-10)11(14)15;1-8(2)5-10-6(4-14-8)3-7(9-10)11(12)13;1-8(2)5-11-6(4-12-8)3-7(9)10-11;1-9-3-4(7)2-5(8)6(9)10;8-2-3-1-4(6-5-3)7(9)10;1-4(2)3-5-4/h4-6H,7-8H2,1-3H3,(H,16,17);3,12-13H,4-5H2,1-2H3;3H,4-5H2,1-2H3;3H,4-5H2,1-2H3,(H2,9,10);2-3H,1H3;1,8H,2H2,(H,5,6);3H2,1-2H3. The topological polar surface area (TPSA) is 412 Å². The van der Waals surface area contributed by atoms with E-state index in [0.29, 0.717) is 60.4 Å². The molecule has 1 saturated heterocycles. The molecule has 0 aliphatic carbocycles. The Labute approximate surface area is 523 Å². The van der Waals surface area contributed by atoms with Crippen molar-refractivity contribution in [2.45, 2.75) is 156 Å². The molecule has 7 aromatic rings. The number of hydrogen-bond acceptors (Lipinski definition) is 22. The van der Waals surface area contributed by atoms with E-state index in [4.69, 9.17) is 34.9 Å². The summed E-state index contributed by atoms with van der Waals surface area (Å²) in [5.74, 6) is 0.585. The molecule has 35 heteroatoms. The number of nitro groups is 3. The maximum Gasteiger partial charge on any atom is 0.390 e. The SMILES string of the molecule is CC(C)(O)Cn1nc([N+](=O)[O-])cc1CO.CC1(C)CO1.CC1(C)Cn2nc(N)cc2CO1.CC1(C)Cn2nc([N+](=O)[O-])cc2CO1.Cn1cc(Br)cc(Br)c1=O.Cn1cc(Br)cc(Nc2cc3n(n2)CC(C)(C)OC3)c1=O.O=[N+]([O-])c1cc(CO)n[nH]1. The van der Waals surface area contributed by atoms with Crippen LogP contribution in [0.25, 0.3) is 0 Å². The maximum atomic E-state index is 12.1. The number of epoxide rings is 1. The van der Waals surface area contributed by atoms with Crippen molar-refractivity contribution in [3.8, 4) is 0 Å². The highest BCUT2D eigenvalue weighted by Gasteiger charge is 2.33. The summed E-state index contributed by atoms with van der Waals surface area (Å²) in [4.78, 5) is 52.3. The maximum absolute atomic E-state index is 12.1. The van der Waals surface area contributed by atoms with Crippen LogP contribution < -0.4 is 22.2 Å². The van der Waals surface area contributed by atoms with Gasteiger partial charge in [0, 0.05) is 47.6 Å². The molecule has 4 aliphatic rings. The fourth-order valence-electron chi connectivity index (χ4n) is 7.67. The third kappa shape index (κ3) is 22.2. The summed E-state index contributed by atoms with van der Waals surface area (Å²) in [6.07, 6.45) is 3.44. The number of pyridine rings is 2. The molecule has 11 heterocycles. The van der Waals surface area contributed by atoms with Gasteiger partial charge in [0.25, 0.3) is 11.1 Å². The summed E-state index contributed by atoms with van der Waals surface area (Å²) in [7, 11) is 3.42. The van der Waals surface area contributed by atoms with Crippen LogP contribution in [0.5, 0.6) is 0 Å². The molecular formula is C52H72Br3N17O15. The lowest BCUT2D eigenvalue weighted by atomic mass is 10.1. The molecule has 0 radical (unpaired) electrons. The highest BCUT2D eigenvalue weighted by molar-refractivity contribution is 9.11. The molecule has 11 rings (SSSR count). The van der Waals surface area contributed by atoms with Gasteiger partial charge in [-0.15, -0.1) is 5.10 Å². The molecule has 0 bridgehead atoms. The van der Waals surface area contributed by atoms with E-state index in [-0.39, 0.29) is 76.4 Å². The van der Waals surface area contributed by atoms with E-state index in [0.717, 1.165) is 39.2 Å². The molecule has 0 unspecified atom stereocenters. The average molecular weight is 1410 g/mol. The zero-order valence-electron chi connectivity index (χ0n) is 50.0. The van der Waals surface area contributed by atoms with E-state index in [1.165, 1.54) is 32.0 Å². The molecule has 0 atom stereocenters. The van der Waals surface area contributed by atoms with Crippen LogP contribution in [0.1, 0.15) is 97.7 Å². The molecule has 7 aromatic heterocycles. The number of aliphatic hydroxyl groups is 3. The molecule has 0 amide bonds. The van der Waals surface area contributed by atoms with E-state index in [1.807, 2.05) is 63.0 Å². The number of aromatic nitrogens is 12. The number of aromatic amines is 1. The van der Waals surface area contributed by atoms with Gasteiger partial charge in [0.1, 0.15) is 17.2 Å². The second-order valence-electron chi connectivity index (χ2n) is 23.1. The molecule has 0 aromatic carbocycles. The minimum absolute atomic E-state index is 0.0248. The highest BCUT2D eigenvalue weighted by Crippen LogP contribution is 2.28. The second-order valence-corrected chi connectivity index (χ2v) is 25.8. The monoisotopic (exact) mass is 1410 g/mol. The van der Waals surface area contributed by atoms with Crippen LogP contribution in [0.2, 0.25) is 0 Å². The van der Waals surface area contributed by atoms with E-state index < -0.39 is 20.4 Å². The molecule has 0 spiro atoms. The molecule has 4 aliphatic heterocycles. The Balaban J connectivity index is 0.000000191. The third-order valence-electron chi connectivity index (χ3n) is 12.2. The minimum Gasteiger partial charge on any atom is -0.390 e. The largest absolute Gasteiger partial charge is 0.390 e. The predicted octanol–water partition coefficient (Wildman–Crippen LogP) is 6.84. The molecule has 7 N–H and O–H groups in total. The van der Waals surface area contributed by atoms with Gasteiger partial charge in [0.15, 0.2) is 5.82 Å². The third-order valence-corrected chi connectivity index (χ3v) is 13.6. The Bertz CT molecular complexity index is 3620. The summed E-state index contributed by atoms with van der Waals surface area (Å²) in [6.45, 7) is 23.3. The molecule has 32 nitrogen and oxygen atoms in total. The van der Waals surface area contributed by atoms with Crippen molar-refractivity contribution in [2.24, 2.45) is 14.1 Å². The van der Waals surface area contributed by atoms with Crippen molar-refractivity contribution in [2.75, 3.05) is 17.7 Å². The Kier molecular flexibility index (Phi) is 23.8. The molecular weight excluding hydrogens is 1340 g/mol. The molecule has 1 fully saturated rings. The van der Waals surface area contributed by atoms with E-state index in [9.17, 15) is 45.0 Å². The van der Waals surface area contributed by atoms with Crippen molar-refractivity contribution in [3.05, 3.63) is 148 Å². The number of nitrogens with two attached hydrogens (primary N) is 1. The lowest BCUT2D eigenvalue weighted by Gasteiger charge is -2.30. The van der Waals surface area contributed by atoms with Gasteiger partial charge in [-0.05, 0) is 144 Å². The van der Waals surface area contributed by atoms with Crippen molar-refractivity contribution in [3.63, 3.8) is 0 Å². The van der Waals surface area contributed by atoms with E-state index in [2.05, 4.69) is 97.5 Å². The Morgan fingerprint density at radius 2 is 1.13 bits per heavy atom. The summed E-state index contributed by atoms with van der Waals surface area (Å²) in [5.41, 5.74) is 7.90. The summed E-state index contributed by atoms with van der Waals surface area (Å²) in [6, 6.07) is 11.1. The van der Waals surface area contributed by atoms with Crippen LogP contribution in [0, 0.1) is 30.3 Å². The van der Waals surface area contributed by atoms with Crippen molar-refractivity contribution in [1.29, 1.82) is 0 Å². The molecule has 0 saturated carbocycles. The quantitative estimate of drug-likeness (QED) is 0.0489. The van der Waals surface area contributed by atoms with Gasteiger partial charge in [0.05, 0.1) is 149 Å². The minimum atomic E-state index is -1.04. The van der Waals surface area contributed by atoms with Crippen molar-refractivity contribution in [1.82, 2.24) is 58.5 Å². The van der Waals surface area contributed by atoms with Crippen molar-refractivity contribution < 1.29 is 49.0 Å². The molecule has 476 valence electrons. The average Bonchev–Trinajstić information content (AvgIpc) is 2.47. The van der Waals surface area contributed by atoms with E-state index >= 15 is 0 Å². The number of aryl methyl sites for hydroxylation is 2. The number of fused-ring (bicyclic) bond motifs is 3. The predicted molar refractivity (Wildman–Crippen MR) is 326 cm³/mol. The van der Waals surface area contributed by atoms with Crippen LogP contribution in [-0.4, -0.2) is 123 Å². The second kappa shape index (κ2) is 29.3. The zero-order valence-corrected chi connectivity index (χ0v) is 54.7. The summed E-state index contributed by atoms with van der Waals surface area (Å²) >= 11 is 9.78. The van der Waals surface area contributed by atoms with Gasteiger partial charge in [-0.3, -0.25) is 19.0 Å². The fraction of sp³-hybridized carbons (Fsp3) is 0.519. The molecule has 87 heavy (non-hydrogen) atoms. The number of anilines is 3. The number of aliphatic hydroxyl groups excluding tert-OH is 2. The van der Waals surface area contributed by atoms with Crippen molar-refractivity contribution >= 4 is 82.6 Å². The summed E-state index contributed by atoms with van der Waals surface area (Å²) < 4.78 is 33.8. The Morgan fingerprint density at radius 1 is 0.655 bits per heavy atom. The number of nitrogens with zero attached hydrogens (tertiary/aromatic N) is 14. The lowest BCUT2D eigenvalue weighted by molar-refractivity contribution is -0.390. The van der Waals surface area contributed by atoms with Gasteiger partial charge in [-0.1, -0.05) is 5.10 Å². The van der Waals surface area contributed by atoms with Crippen LogP contribution in [0.15, 0.2) is 77.9 Å². The number of ether oxygens (including phenoxy) is 4. The first-order valence-electron chi connectivity index (χ1n) is 26.4. The normalized spacial score (nSPS) is 15.9. The van der Waals surface area contributed by atoms with Crippen LogP contribution >= 0.6 is 47.8 Å². The highest BCUT2D eigenvalue weighted by atomic mass is 79.9. The Hall–Kier alpha value is -7.09. The number of hydrogen-bond donors (Lipinski definition) is 6. The van der Waals surface area contributed by atoms with Crippen LogP contribution in [0.4, 0.5) is 34.8 Å². The van der Waals surface area contributed by atoms with Gasteiger partial charge in [-0.25, -0.2) is 0 Å². The van der Waals surface area contributed by atoms with Crippen LogP contribution in [-0.2, 0) is 92.3 Å². The number of H-pyrrole nitrogens is 1. The Morgan fingerprint density at radius 3 is 1.57 bits per heavy atom. The fourth-order valence-corrected chi connectivity index (χ4v) is 9.58. The number of halogens is 3. The van der Waals surface area contributed by atoms with Gasteiger partial charge >= 0.3 is 17.5 Å². The van der Waals surface area contributed by atoms with Gasteiger partial charge in [-0.2, -0.15) is 19.6 Å². The summed E-state index contributed by atoms with van der Waals surface area (Å²) in [5, 5.41) is 82.7. The van der Waals surface area contributed by atoms with Gasteiger partial charge in [0.2, 0.25) is 0 Å². The number of nitrogen functional groups attached to an aromatic ring is 1. The first-order chi connectivity index (χ1) is 40.3. The smallest absolute Gasteiger partial charge is 0.390 e.